The van der Waals surface area contributed by atoms with Crippen molar-refractivity contribution in [3.05, 3.63) is 22.3 Å². The van der Waals surface area contributed by atoms with Crippen molar-refractivity contribution >= 4 is 21.7 Å². The number of hydrogen-bond donors (Lipinski definition) is 1. The van der Waals surface area contributed by atoms with Crippen LogP contribution in [-0.4, -0.2) is 11.5 Å². The number of halogens is 1. The maximum atomic E-state index is 4.49. The number of pyridine rings is 1. The number of aryl methyl sites for hydroxylation is 1. The first-order valence-corrected chi connectivity index (χ1v) is 8.16. The Balaban J connectivity index is 2.02. The van der Waals surface area contributed by atoms with Crippen LogP contribution in [0.1, 0.15) is 51.5 Å². The van der Waals surface area contributed by atoms with Gasteiger partial charge in [-0.15, -0.1) is 0 Å². The Morgan fingerprint density at radius 3 is 2.63 bits per heavy atom. The molecule has 2 nitrogen and oxygen atoms in total. The van der Waals surface area contributed by atoms with Gasteiger partial charge in [0, 0.05) is 12.7 Å². The van der Waals surface area contributed by atoms with E-state index in [0.29, 0.717) is 5.41 Å². The van der Waals surface area contributed by atoms with Gasteiger partial charge in [-0.3, -0.25) is 0 Å². The molecule has 0 radical (unpaired) electrons. The fraction of sp³-hybridized carbons (Fsp3) is 0.688. The van der Waals surface area contributed by atoms with Crippen molar-refractivity contribution in [2.75, 3.05) is 11.9 Å². The predicted molar refractivity (Wildman–Crippen MR) is 85.5 cm³/mol. The predicted octanol–water partition coefficient (Wildman–Crippen LogP) is 5.17. The molecule has 0 spiro atoms. The van der Waals surface area contributed by atoms with Crippen LogP contribution in [0.4, 0.5) is 5.82 Å². The normalized spacial score (nSPS) is 17.9. The van der Waals surface area contributed by atoms with Gasteiger partial charge in [0.25, 0.3) is 0 Å². The zero-order chi connectivity index (χ0) is 13.9. The van der Waals surface area contributed by atoms with E-state index in [-0.39, 0.29) is 0 Å². The second kappa shape index (κ2) is 6.25. The van der Waals surface area contributed by atoms with Gasteiger partial charge in [-0.2, -0.15) is 0 Å². The van der Waals surface area contributed by atoms with Gasteiger partial charge in [0.2, 0.25) is 0 Å². The minimum Gasteiger partial charge on any atom is -0.369 e. The average molecular weight is 325 g/mol. The summed E-state index contributed by atoms with van der Waals surface area (Å²) in [5.74, 6) is 1.76. The van der Waals surface area contributed by atoms with E-state index in [0.717, 1.165) is 22.8 Å². The molecule has 0 saturated heterocycles. The van der Waals surface area contributed by atoms with E-state index in [1.165, 1.54) is 37.7 Å². The lowest BCUT2D eigenvalue weighted by Gasteiger charge is -2.31. The van der Waals surface area contributed by atoms with Crippen LogP contribution in [0.2, 0.25) is 0 Å². The molecule has 1 fully saturated rings. The van der Waals surface area contributed by atoms with Crippen molar-refractivity contribution in [1.82, 2.24) is 4.98 Å². The van der Waals surface area contributed by atoms with Gasteiger partial charge in [0.05, 0.1) is 4.47 Å². The molecular formula is C16H25BrN2. The van der Waals surface area contributed by atoms with Gasteiger partial charge in [0.15, 0.2) is 0 Å². The molecule has 19 heavy (non-hydrogen) atoms. The largest absolute Gasteiger partial charge is 0.369 e. The molecule has 0 unspecified atom stereocenters. The smallest absolute Gasteiger partial charge is 0.140 e. The van der Waals surface area contributed by atoms with E-state index < -0.39 is 0 Å². The number of aromatic nitrogens is 1. The standard InChI is InChI=1S/C16H25BrN2/c1-12(2)9-16(6-4-5-7-16)11-19-15-14(17)8-13(3)10-18-15/h8,10,12H,4-7,9,11H2,1-3H3,(H,18,19). The SMILES string of the molecule is Cc1cnc(NCC2(CC(C)C)CCCC2)c(Br)c1. The second-order valence-electron chi connectivity index (χ2n) is 6.50. The van der Waals surface area contributed by atoms with Crippen LogP contribution in [0.25, 0.3) is 0 Å². The van der Waals surface area contributed by atoms with Gasteiger partial charge in [-0.05, 0) is 65.1 Å². The number of nitrogens with one attached hydrogen (secondary N) is 1. The molecule has 0 bridgehead atoms. The van der Waals surface area contributed by atoms with Gasteiger partial charge in [-0.25, -0.2) is 4.98 Å². The molecule has 2 rings (SSSR count). The fourth-order valence-electron chi connectivity index (χ4n) is 3.38. The third kappa shape index (κ3) is 3.95. The second-order valence-corrected chi connectivity index (χ2v) is 7.36. The molecule has 106 valence electrons. The van der Waals surface area contributed by atoms with Crippen molar-refractivity contribution in [3.8, 4) is 0 Å². The number of rotatable bonds is 5. The summed E-state index contributed by atoms with van der Waals surface area (Å²) in [6.07, 6.45) is 8.75. The van der Waals surface area contributed by atoms with Gasteiger partial charge in [-0.1, -0.05) is 26.7 Å². The van der Waals surface area contributed by atoms with E-state index in [4.69, 9.17) is 0 Å². The third-order valence-corrected chi connectivity index (χ3v) is 4.72. The van der Waals surface area contributed by atoms with Crippen LogP contribution < -0.4 is 5.32 Å². The molecule has 0 atom stereocenters. The first kappa shape index (κ1) is 14.8. The Morgan fingerprint density at radius 2 is 2.05 bits per heavy atom. The molecule has 1 aromatic rings. The zero-order valence-electron chi connectivity index (χ0n) is 12.3. The topological polar surface area (TPSA) is 24.9 Å². The summed E-state index contributed by atoms with van der Waals surface area (Å²) in [5, 5.41) is 3.57. The maximum absolute atomic E-state index is 4.49. The van der Waals surface area contributed by atoms with Crippen LogP contribution in [-0.2, 0) is 0 Å². The molecule has 1 aliphatic carbocycles. The van der Waals surface area contributed by atoms with Crippen LogP contribution in [0, 0.1) is 18.3 Å². The number of hydrogen-bond acceptors (Lipinski definition) is 2. The fourth-order valence-corrected chi connectivity index (χ4v) is 3.98. The number of nitrogens with zero attached hydrogens (tertiary/aromatic N) is 1. The summed E-state index contributed by atoms with van der Waals surface area (Å²) in [5.41, 5.74) is 1.68. The minimum atomic E-state index is 0.486. The van der Waals surface area contributed by atoms with Crippen molar-refractivity contribution in [2.24, 2.45) is 11.3 Å². The average Bonchev–Trinajstić information content (AvgIpc) is 2.76. The third-order valence-electron chi connectivity index (χ3n) is 4.11. The number of anilines is 1. The Bertz CT molecular complexity index is 423. The zero-order valence-corrected chi connectivity index (χ0v) is 13.9. The van der Waals surface area contributed by atoms with Crippen LogP contribution in [0.15, 0.2) is 16.7 Å². The lowest BCUT2D eigenvalue weighted by molar-refractivity contribution is 0.252. The van der Waals surface area contributed by atoms with Crippen molar-refractivity contribution in [1.29, 1.82) is 0 Å². The van der Waals surface area contributed by atoms with E-state index in [1.807, 2.05) is 6.20 Å². The molecule has 1 saturated carbocycles. The molecule has 1 heterocycles. The first-order chi connectivity index (χ1) is 9.01. The lowest BCUT2D eigenvalue weighted by atomic mass is 9.78. The van der Waals surface area contributed by atoms with E-state index in [1.54, 1.807) is 0 Å². The Kier molecular flexibility index (Phi) is 4.88. The van der Waals surface area contributed by atoms with Crippen LogP contribution >= 0.6 is 15.9 Å². The van der Waals surface area contributed by atoms with Crippen LogP contribution in [0.5, 0.6) is 0 Å². The highest BCUT2D eigenvalue weighted by Crippen LogP contribution is 2.43. The first-order valence-electron chi connectivity index (χ1n) is 7.37. The molecule has 1 aliphatic rings. The highest BCUT2D eigenvalue weighted by Gasteiger charge is 2.34. The summed E-state index contributed by atoms with van der Waals surface area (Å²) in [6, 6.07) is 2.12. The van der Waals surface area contributed by atoms with Crippen molar-refractivity contribution < 1.29 is 0 Å². The monoisotopic (exact) mass is 324 g/mol. The Morgan fingerprint density at radius 1 is 1.37 bits per heavy atom. The minimum absolute atomic E-state index is 0.486. The van der Waals surface area contributed by atoms with E-state index in [2.05, 4.69) is 53.1 Å². The summed E-state index contributed by atoms with van der Waals surface area (Å²) in [6.45, 7) is 7.79. The van der Waals surface area contributed by atoms with Gasteiger partial charge >= 0.3 is 0 Å². The molecule has 0 aliphatic heterocycles. The lowest BCUT2D eigenvalue weighted by Crippen LogP contribution is -2.28. The highest BCUT2D eigenvalue weighted by molar-refractivity contribution is 9.10. The van der Waals surface area contributed by atoms with Crippen molar-refractivity contribution in [2.45, 2.75) is 52.9 Å². The molecule has 0 amide bonds. The molecule has 1 aromatic heterocycles. The quantitative estimate of drug-likeness (QED) is 0.808. The Hall–Kier alpha value is -0.570. The highest BCUT2D eigenvalue weighted by atomic mass is 79.9. The molecule has 3 heteroatoms. The van der Waals surface area contributed by atoms with E-state index in [9.17, 15) is 0 Å². The molecular weight excluding hydrogens is 300 g/mol. The van der Waals surface area contributed by atoms with Gasteiger partial charge in [0.1, 0.15) is 5.82 Å². The van der Waals surface area contributed by atoms with Gasteiger partial charge < -0.3 is 5.32 Å². The molecule has 1 N–H and O–H groups in total. The van der Waals surface area contributed by atoms with Crippen LogP contribution in [0.3, 0.4) is 0 Å². The molecule has 0 aromatic carbocycles. The van der Waals surface area contributed by atoms with E-state index >= 15 is 0 Å². The maximum Gasteiger partial charge on any atom is 0.140 e. The summed E-state index contributed by atoms with van der Waals surface area (Å²) < 4.78 is 1.07. The summed E-state index contributed by atoms with van der Waals surface area (Å²) >= 11 is 3.60. The summed E-state index contributed by atoms with van der Waals surface area (Å²) in [4.78, 5) is 4.49. The Labute approximate surface area is 125 Å². The summed E-state index contributed by atoms with van der Waals surface area (Å²) in [7, 11) is 0. The van der Waals surface area contributed by atoms with Crippen molar-refractivity contribution in [3.63, 3.8) is 0 Å².